The van der Waals surface area contributed by atoms with Crippen LogP contribution in [0, 0.1) is 13.8 Å². The number of carbonyl (C=O) groups excluding carboxylic acids is 1. The Morgan fingerprint density at radius 3 is 2.48 bits per heavy atom. The van der Waals surface area contributed by atoms with Gasteiger partial charge in [0.1, 0.15) is 5.76 Å². The summed E-state index contributed by atoms with van der Waals surface area (Å²) in [7, 11) is 0. The van der Waals surface area contributed by atoms with Crippen LogP contribution in [0.15, 0.2) is 22.7 Å². The summed E-state index contributed by atoms with van der Waals surface area (Å²) in [6.07, 6.45) is 0. The van der Waals surface area contributed by atoms with Crippen LogP contribution in [0.3, 0.4) is 0 Å². The molecule has 0 atom stereocenters. The van der Waals surface area contributed by atoms with Crippen molar-refractivity contribution in [1.29, 1.82) is 0 Å². The number of benzene rings is 1. The second kappa shape index (κ2) is 7.67. The van der Waals surface area contributed by atoms with E-state index in [4.69, 9.17) is 14.0 Å². The van der Waals surface area contributed by atoms with Gasteiger partial charge >= 0.3 is 0 Å². The van der Waals surface area contributed by atoms with E-state index in [1.807, 2.05) is 27.7 Å². The van der Waals surface area contributed by atoms with Crippen molar-refractivity contribution in [2.75, 3.05) is 13.2 Å². The summed E-state index contributed by atoms with van der Waals surface area (Å²) < 4.78 is 16.1. The number of hydrogen-bond acceptors (Lipinski definition) is 5. The van der Waals surface area contributed by atoms with E-state index < -0.39 is 0 Å². The van der Waals surface area contributed by atoms with Crippen LogP contribution in [0.4, 0.5) is 0 Å². The molecule has 0 unspecified atom stereocenters. The molecular formula is C17H22N2O4. The molecule has 0 radical (unpaired) electrons. The summed E-state index contributed by atoms with van der Waals surface area (Å²) in [5.74, 6) is 1.73. The SMILES string of the molecule is CCOc1ccc(C(=O)NCc2c(C)noc2C)cc1OCC. The molecule has 6 nitrogen and oxygen atoms in total. The first kappa shape index (κ1) is 16.9. The second-order valence-electron chi connectivity index (χ2n) is 5.01. The molecule has 23 heavy (non-hydrogen) atoms. The highest BCUT2D eigenvalue weighted by Crippen LogP contribution is 2.28. The molecule has 0 aliphatic heterocycles. The first-order chi connectivity index (χ1) is 11.1. The molecule has 0 fully saturated rings. The van der Waals surface area contributed by atoms with E-state index in [1.54, 1.807) is 18.2 Å². The fourth-order valence-electron chi connectivity index (χ4n) is 2.22. The van der Waals surface area contributed by atoms with Gasteiger partial charge in [0.25, 0.3) is 5.91 Å². The predicted molar refractivity (Wildman–Crippen MR) is 85.9 cm³/mol. The van der Waals surface area contributed by atoms with Crippen LogP contribution in [0.2, 0.25) is 0 Å². The summed E-state index contributed by atoms with van der Waals surface area (Å²) in [6, 6.07) is 5.16. The quantitative estimate of drug-likeness (QED) is 0.849. The van der Waals surface area contributed by atoms with Crippen molar-refractivity contribution < 1.29 is 18.8 Å². The molecular weight excluding hydrogens is 296 g/mol. The number of nitrogens with zero attached hydrogens (tertiary/aromatic N) is 1. The van der Waals surface area contributed by atoms with E-state index in [0.29, 0.717) is 42.6 Å². The Labute approximate surface area is 135 Å². The molecule has 1 heterocycles. The van der Waals surface area contributed by atoms with E-state index in [0.717, 1.165) is 11.3 Å². The highest BCUT2D eigenvalue weighted by molar-refractivity contribution is 5.94. The molecule has 0 bridgehead atoms. The van der Waals surface area contributed by atoms with Crippen LogP contribution >= 0.6 is 0 Å². The lowest BCUT2D eigenvalue weighted by Crippen LogP contribution is -2.23. The molecule has 2 rings (SSSR count). The lowest BCUT2D eigenvalue weighted by Gasteiger charge is -2.12. The summed E-state index contributed by atoms with van der Waals surface area (Å²) in [5, 5.41) is 6.74. The van der Waals surface area contributed by atoms with Crippen LogP contribution in [-0.2, 0) is 6.54 Å². The smallest absolute Gasteiger partial charge is 0.251 e. The monoisotopic (exact) mass is 318 g/mol. The minimum absolute atomic E-state index is 0.186. The van der Waals surface area contributed by atoms with E-state index in [1.165, 1.54) is 0 Å². The molecule has 0 saturated carbocycles. The number of rotatable bonds is 7. The Morgan fingerprint density at radius 2 is 1.87 bits per heavy atom. The maximum atomic E-state index is 12.3. The van der Waals surface area contributed by atoms with Crippen molar-refractivity contribution in [1.82, 2.24) is 10.5 Å². The molecule has 0 aliphatic rings. The van der Waals surface area contributed by atoms with Crippen molar-refractivity contribution in [2.24, 2.45) is 0 Å². The minimum Gasteiger partial charge on any atom is -0.490 e. The molecule has 1 aromatic heterocycles. The van der Waals surface area contributed by atoms with Gasteiger partial charge in [-0.2, -0.15) is 0 Å². The highest BCUT2D eigenvalue weighted by Gasteiger charge is 2.14. The number of ether oxygens (including phenoxy) is 2. The first-order valence-electron chi connectivity index (χ1n) is 7.66. The van der Waals surface area contributed by atoms with E-state index in [9.17, 15) is 4.79 Å². The fraction of sp³-hybridized carbons (Fsp3) is 0.412. The Morgan fingerprint density at radius 1 is 1.17 bits per heavy atom. The van der Waals surface area contributed by atoms with Gasteiger partial charge in [-0.3, -0.25) is 4.79 Å². The average molecular weight is 318 g/mol. The van der Waals surface area contributed by atoms with Gasteiger partial charge in [0.15, 0.2) is 11.5 Å². The molecule has 124 valence electrons. The Hall–Kier alpha value is -2.50. The molecule has 0 spiro atoms. The fourth-order valence-corrected chi connectivity index (χ4v) is 2.22. The van der Waals surface area contributed by atoms with E-state index in [-0.39, 0.29) is 5.91 Å². The lowest BCUT2D eigenvalue weighted by molar-refractivity contribution is 0.0950. The maximum absolute atomic E-state index is 12.3. The zero-order chi connectivity index (χ0) is 16.8. The van der Waals surface area contributed by atoms with Crippen molar-refractivity contribution in [3.63, 3.8) is 0 Å². The molecule has 1 N–H and O–H groups in total. The lowest BCUT2D eigenvalue weighted by atomic mass is 10.1. The van der Waals surface area contributed by atoms with Crippen LogP contribution in [0.1, 0.15) is 41.2 Å². The molecule has 1 aromatic carbocycles. The first-order valence-corrected chi connectivity index (χ1v) is 7.66. The third-order valence-corrected chi connectivity index (χ3v) is 3.41. The molecule has 6 heteroatoms. The largest absolute Gasteiger partial charge is 0.490 e. The summed E-state index contributed by atoms with van der Waals surface area (Å²) in [4.78, 5) is 12.3. The highest BCUT2D eigenvalue weighted by atomic mass is 16.5. The normalized spacial score (nSPS) is 10.4. The van der Waals surface area contributed by atoms with Crippen molar-refractivity contribution in [3.8, 4) is 11.5 Å². The molecule has 0 aliphatic carbocycles. The number of amides is 1. The third kappa shape index (κ3) is 4.03. The van der Waals surface area contributed by atoms with Crippen molar-refractivity contribution >= 4 is 5.91 Å². The van der Waals surface area contributed by atoms with Gasteiger partial charge in [0.2, 0.25) is 0 Å². The van der Waals surface area contributed by atoms with Crippen LogP contribution < -0.4 is 14.8 Å². The zero-order valence-electron chi connectivity index (χ0n) is 13.9. The van der Waals surface area contributed by atoms with Gasteiger partial charge in [-0.25, -0.2) is 0 Å². The second-order valence-corrected chi connectivity index (χ2v) is 5.01. The van der Waals surface area contributed by atoms with Crippen LogP contribution in [0.25, 0.3) is 0 Å². The van der Waals surface area contributed by atoms with Gasteiger partial charge in [0.05, 0.1) is 18.9 Å². The Balaban J connectivity index is 2.11. The third-order valence-electron chi connectivity index (χ3n) is 3.41. The number of hydrogen-bond donors (Lipinski definition) is 1. The molecule has 1 amide bonds. The Bertz CT molecular complexity index is 660. The minimum atomic E-state index is -0.186. The number of nitrogens with one attached hydrogen (secondary N) is 1. The van der Waals surface area contributed by atoms with E-state index >= 15 is 0 Å². The van der Waals surface area contributed by atoms with E-state index in [2.05, 4.69) is 10.5 Å². The van der Waals surface area contributed by atoms with Gasteiger partial charge in [-0.05, 0) is 45.9 Å². The van der Waals surface area contributed by atoms with Gasteiger partial charge in [-0.15, -0.1) is 0 Å². The van der Waals surface area contributed by atoms with Crippen molar-refractivity contribution in [3.05, 3.63) is 40.8 Å². The summed E-state index contributed by atoms with van der Waals surface area (Å²) in [5.41, 5.74) is 2.20. The topological polar surface area (TPSA) is 73.6 Å². The molecule has 2 aromatic rings. The maximum Gasteiger partial charge on any atom is 0.251 e. The summed E-state index contributed by atoms with van der Waals surface area (Å²) >= 11 is 0. The number of carbonyl (C=O) groups is 1. The van der Waals surface area contributed by atoms with Crippen LogP contribution in [-0.4, -0.2) is 24.3 Å². The van der Waals surface area contributed by atoms with Gasteiger partial charge in [-0.1, -0.05) is 5.16 Å². The average Bonchev–Trinajstić information content (AvgIpc) is 2.86. The standard InChI is InChI=1S/C17H22N2O4/c1-5-21-15-8-7-13(9-16(15)22-6-2)17(20)18-10-14-11(3)19-23-12(14)4/h7-9H,5-6,10H2,1-4H3,(H,18,20). The Kier molecular flexibility index (Phi) is 5.62. The predicted octanol–water partition coefficient (Wildman–Crippen LogP) is 3.02. The van der Waals surface area contributed by atoms with Gasteiger partial charge in [0, 0.05) is 17.7 Å². The zero-order valence-corrected chi connectivity index (χ0v) is 13.9. The van der Waals surface area contributed by atoms with Crippen molar-refractivity contribution in [2.45, 2.75) is 34.2 Å². The van der Waals surface area contributed by atoms with Crippen LogP contribution in [0.5, 0.6) is 11.5 Å². The molecule has 0 saturated heterocycles. The number of aryl methyl sites for hydroxylation is 2. The number of aromatic nitrogens is 1. The summed E-state index contributed by atoms with van der Waals surface area (Å²) in [6.45, 7) is 8.88. The van der Waals surface area contributed by atoms with Gasteiger partial charge < -0.3 is 19.3 Å².